The number of esters is 1. The second-order valence-corrected chi connectivity index (χ2v) is 11.3. The van der Waals surface area contributed by atoms with Crippen molar-refractivity contribution in [2.45, 2.75) is 77.0 Å². The molecule has 0 unspecified atom stereocenters. The van der Waals surface area contributed by atoms with Crippen molar-refractivity contribution in [2.75, 3.05) is 34.4 Å². The molecule has 0 radical (unpaired) electrons. The SMILES string of the molecule is COC(=O)[C@]12CCCCC=C1N(CCc1ccc(OC)c(OC)c1)C(=O)[C@H](CC(=O)NCC1CCCCC1)C2. The first kappa shape index (κ1) is 29.0. The molecule has 2 amide bonds. The number of allylic oxidation sites excluding steroid dienone is 1. The van der Waals surface area contributed by atoms with Gasteiger partial charge in [0.15, 0.2) is 11.5 Å². The highest BCUT2D eigenvalue weighted by Gasteiger charge is 2.53. The van der Waals surface area contributed by atoms with E-state index in [4.69, 9.17) is 14.2 Å². The summed E-state index contributed by atoms with van der Waals surface area (Å²) in [6, 6.07) is 5.73. The lowest BCUT2D eigenvalue weighted by Crippen LogP contribution is -2.53. The molecule has 1 saturated heterocycles. The normalized spacial score (nSPS) is 23.8. The van der Waals surface area contributed by atoms with E-state index in [9.17, 15) is 14.4 Å². The molecule has 214 valence electrons. The van der Waals surface area contributed by atoms with Gasteiger partial charge in [0.05, 0.1) is 21.3 Å². The Hall–Kier alpha value is -3.03. The number of carbonyl (C=O) groups is 3. The highest BCUT2D eigenvalue weighted by Crippen LogP contribution is 2.49. The standard InChI is InChI=1S/C31H44N2O6/c1-37-25-14-13-22(18-26(25)38-2)15-17-33-27-12-8-5-9-16-31(27,30(36)39-3)20-24(29(33)35)19-28(34)32-21-23-10-6-4-7-11-23/h12-14,18,23-24H,4-11,15-17,19-21H2,1-3H3,(H,32,34)/t24-,31+/m1/s1. The van der Waals surface area contributed by atoms with Crippen LogP contribution in [0.4, 0.5) is 0 Å². The van der Waals surface area contributed by atoms with Crippen molar-refractivity contribution in [3.05, 3.63) is 35.5 Å². The number of hydrogen-bond acceptors (Lipinski definition) is 6. The first-order valence-electron chi connectivity index (χ1n) is 14.5. The Morgan fingerprint density at radius 1 is 1.03 bits per heavy atom. The van der Waals surface area contributed by atoms with Gasteiger partial charge in [-0.2, -0.15) is 0 Å². The first-order valence-corrected chi connectivity index (χ1v) is 14.5. The lowest BCUT2D eigenvalue weighted by Gasteiger charge is -2.46. The molecule has 1 heterocycles. The van der Waals surface area contributed by atoms with Crippen LogP contribution in [0.3, 0.4) is 0 Å². The van der Waals surface area contributed by atoms with Gasteiger partial charge in [0, 0.05) is 31.1 Å². The third kappa shape index (κ3) is 6.59. The predicted molar refractivity (Wildman–Crippen MR) is 148 cm³/mol. The van der Waals surface area contributed by atoms with Crippen molar-refractivity contribution in [2.24, 2.45) is 17.3 Å². The number of carbonyl (C=O) groups excluding carboxylic acids is 3. The van der Waals surface area contributed by atoms with E-state index >= 15 is 0 Å². The lowest BCUT2D eigenvalue weighted by atomic mass is 9.69. The van der Waals surface area contributed by atoms with Crippen molar-refractivity contribution in [1.29, 1.82) is 0 Å². The number of likely N-dealkylation sites (tertiary alicyclic amines) is 1. The molecule has 1 aliphatic heterocycles. The predicted octanol–water partition coefficient (Wildman–Crippen LogP) is 4.80. The molecule has 1 N–H and O–H groups in total. The highest BCUT2D eigenvalue weighted by molar-refractivity contribution is 5.92. The maximum atomic E-state index is 13.9. The summed E-state index contributed by atoms with van der Waals surface area (Å²) in [5.74, 6) is 0.704. The van der Waals surface area contributed by atoms with Crippen LogP contribution in [0, 0.1) is 17.3 Å². The average Bonchev–Trinajstić information content (AvgIpc) is 3.19. The topological polar surface area (TPSA) is 94.2 Å². The van der Waals surface area contributed by atoms with Crippen LogP contribution in [0.1, 0.15) is 76.2 Å². The van der Waals surface area contributed by atoms with Crippen molar-refractivity contribution in [3.63, 3.8) is 0 Å². The summed E-state index contributed by atoms with van der Waals surface area (Å²) in [7, 11) is 4.61. The molecule has 0 bridgehead atoms. The molecule has 39 heavy (non-hydrogen) atoms. The number of nitrogens with zero attached hydrogens (tertiary/aromatic N) is 1. The van der Waals surface area contributed by atoms with Crippen LogP contribution in [0.2, 0.25) is 0 Å². The molecule has 1 saturated carbocycles. The fraction of sp³-hybridized carbons (Fsp3) is 0.645. The van der Waals surface area contributed by atoms with Crippen LogP contribution in [0.15, 0.2) is 30.0 Å². The van der Waals surface area contributed by atoms with Gasteiger partial charge in [0.1, 0.15) is 5.41 Å². The fourth-order valence-electron chi connectivity index (χ4n) is 6.65. The van der Waals surface area contributed by atoms with Crippen molar-refractivity contribution in [3.8, 4) is 11.5 Å². The van der Waals surface area contributed by atoms with Crippen molar-refractivity contribution < 1.29 is 28.6 Å². The zero-order valence-electron chi connectivity index (χ0n) is 23.8. The quantitative estimate of drug-likeness (QED) is 0.429. The number of amides is 2. The fourth-order valence-corrected chi connectivity index (χ4v) is 6.65. The third-order valence-electron chi connectivity index (χ3n) is 8.78. The number of methoxy groups -OCH3 is 3. The van der Waals surface area contributed by atoms with E-state index in [-0.39, 0.29) is 24.2 Å². The molecule has 1 aromatic carbocycles. The lowest BCUT2D eigenvalue weighted by molar-refractivity contribution is -0.159. The van der Waals surface area contributed by atoms with Gasteiger partial charge in [-0.3, -0.25) is 14.4 Å². The van der Waals surface area contributed by atoms with Gasteiger partial charge in [0.2, 0.25) is 11.8 Å². The molecule has 2 atom stereocenters. The van der Waals surface area contributed by atoms with Crippen LogP contribution in [-0.4, -0.2) is 57.1 Å². The summed E-state index contributed by atoms with van der Waals surface area (Å²) >= 11 is 0. The van der Waals surface area contributed by atoms with Gasteiger partial charge in [-0.1, -0.05) is 37.8 Å². The summed E-state index contributed by atoms with van der Waals surface area (Å²) in [6.07, 6.45) is 12.3. The van der Waals surface area contributed by atoms with E-state index in [1.807, 2.05) is 18.2 Å². The Kier molecular flexibility index (Phi) is 9.92. The minimum atomic E-state index is -0.912. The number of ether oxygens (including phenoxy) is 3. The van der Waals surface area contributed by atoms with E-state index in [2.05, 4.69) is 11.4 Å². The van der Waals surface area contributed by atoms with E-state index in [0.29, 0.717) is 49.8 Å². The van der Waals surface area contributed by atoms with Gasteiger partial charge in [-0.05, 0) is 68.6 Å². The molecule has 3 aliphatic rings. The molecule has 2 aliphatic carbocycles. The molecular formula is C31H44N2O6. The second-order valence-electron chi connectivity index (χ2n) is 11.3. The van der Waals surface area contributed by atoms with Crippen LogP contribution < -0.4 is 14.8 Å². The second kappa shape index (κ2) is 13.4. The minimum Gasteiger partial charge on any atom is -0.493 e. The monoisotopic (exact) mass is 540 g/mol. The molecule has 8 nitrogen and oxygen atoms in total. The number of piperidine rings is 1. The summed E-state index contributed by atoms with van der Waals surface area (Å²) < 4.78 is 16.2. The smallest absolute Gasteiger partial charge is 0.317 e. The van der Waals surface area contributed by atoms with Crippen LogP contribution >= 0.6 is 0 Å². The van der Waals surface area contributed by atoms with Gasteiger partial charge >= 0.3 is 5.97 Å². The maximum absolute atomic E-state index is 13.9. The van der Waals surface area contributed by atoms with E-state index in [1.54, 1.807) is 19.1 Å². The van der Waals surface area contributed by atoms with E-state index in [1.165, 1.54) is 26.4 Å². The molecule has 2 fully saturated rings. The zero-order chi connectivity index (χ0) is 27.8. The Morgan fingerprint density at radius 3 is 2.51 bits per heavy atom. The molecule has 8 heteroatoms. The summed E-state index contributed by atoms with van der Waals surface area (Å²) in [6.45, 7) is 1.06. The Labute approximate surface area is 232 Å². The van der Waals surface area contributed by atoms with Crippen molar-refractivity contribution >= 4 is 17.8 Å². The van der Waals surface area contributed by atoms with Crippen LogP contribution in [0.25, 0.3) is 0 Å². The highest BCUT2D eigenvalue weighted by atomic mass is 16.5. The molecule has 0 spiro atoms. The first-order chi connectivity index (χ1) is 18.9. The van der Waals surface area contributed by atoms with E-state index in [0.717, 1.165) is 43.4 Å². The molecule has 1 aromatic rings. The van der Waals surface area contributed by atoms with Gasteiger partial charge < -0.3 is 24.4 Å². The average molecular weight is 541 g/mol. The Balaban J connectivity index is 1.55. The number of nitrogens with one attached hydrogen (secondary N) is 1. The maximum Gasteiger partial charge on any atom is 0.317 e. The summed E-state index contributed by atoms with van der Waals surface area (Å²) in [5.41, 5.74) is 0.826. The van der Waals surface area contributed by atoms with Crippen LogP contribution in [-0.2, 0) is 25.5 Å². The zero-order valence-corrected chi connectivity index (χ0v) is 23.8. The minimum absolute atomic E-state index is 0.0871. The number of hydrogen-bond donors (Lipinski definition) is 1. The Bertz CT molecular complexity index is 1060. The molecule has 0 aromatic heterocycles. The molecule has 4 rings (SSSR count). The summed E-state index contributed by atoms with van der Waals surface area (Å²) in [4.78, 5) is 42.1. The largest absolute Gasteiger partial charge is 0.493 e. The number of fused-ring (bicyclic) bond motifs is 1. The van der Waals surface area contributed by atoms with Gasteiger partial charge in [0.25, 0.3) is 0 Å². The molecular weight excluding hydrogens is 496 g/mol. The third-order valence-corrected chi connectivity index (χ3v) is 8.78. The van der Waals surface area contributed by atoms with Gasteiger partial charge in [-0.25, -0.2) is 0 Å². The van der Waals surface area contributed by atoms with Gasteiger partial charge in [-0.15, -0.1) is 0 Å². The summed E-state index contributed by atoms with van der Waals surface area (Å²) in [5, 5.41) is 3.09. The van der Waals surface area contributed by atoms with Crippen LogP contribution in [0.5, 0.6) is 11.5 Å². The Morgan fingerprint density at radius 2 is 1.79 bits per heavy atom. The number of rotatable bonds is 10. The van der Waals surface area contributed by atoms with E-state index < -0.39 is 11.3 Å². The van der Waals surface area contributed by atoms with Crippen molar-refractivity contribution in [1.82, 2.24) is 10.2 Å². The number of benzene rings is 1.